The fraction of sp³-hybridized carbons (Fsp3) is 0.708. The molecular weight excluding hydrogens is 476 g/mol. The predicted molar refractivity (Wildman–Crippen MR) is 131 cm³/mol. The molecule has 3 N–H and O–H groups in total. The third kappa shape index (κ3) is 7.50. The zero-order valence-electron chi connectivity index (χ0n) is 21.1. The highest BCUT2D eigenvalue weighted by molar-refractivity contribution is 6.28. The van der Waals surface area contributed by atoms with Gasteiger partial charge < -0.3 is 24.8 Å². The lowest BCUT2D eigenvalue weighted by atomic mass is 10.1. The first kappa shape index (κ1) is 27.6. The first-order valence-corrected chi connectivity index (χ1v) is 12.4. The van der Waals surface area contributed by atoms with Crippen molar-refractivity contribution in [3.05, 3.63) is 23.1 Å². The number of aromatic nitrogens is 3. The van der Waals surface area contributed by atoms with E-state index in [4.69, 9.17) is 31.3 Å². The van der Waals surface area contributed by atoms with Gasteiger partial charge in [-0.25, -0.2) is 9.31 Å². The van der Waals surface area contributed by atoms with Gasteiger partial charge in [0.25, 0.3) is 0 Å². The van der Waals surface area contributed by atoms with Crippen LogP contribution in [0.25, 0.3) is 5.52 Å². The topological polar surface area (TPSA) is 130 Å². The molecule has 196 valence electrons. The molecule has 2 aromatic heterocycles. The molecule has 0 spiro atoms. The first-order valence-electron chi connectivity index (χ1n) is 12.1. The number of aliphatic hydroxyl groups excluding tert-OH is 1. The molecule has 0 bridgehead atoms. The van der Waals surface area contributed by atoms with E-state index in [2.05, 4.69) is 10.1 Å². The van der Waals surface area contributed by atoms with E-state index in [-0.39, 0.29) is 30.1 Å². The van der Waals surface area contributed by atoms with Gasteiger partial charge in [0.05, 0.1) is 18.4 Å². The van der Waals surface area contributed by atoms with Gasteiger partial charge in [-0.15, -0.1) is 5.10 Å². The fourth-order valence-corrected chi connectivity index (χ4v) is 4.49. The SMILES string of the molecule is CC(C)(C)OC(=O)N(c1nc(Cl)nn2c([C@@H]3CCC(CO)O3)ccc12)C1CCCC1.CC(C)(O)O. The lowest BCUT2D eigenvalue weighted by Gasteiger charge is -2.31. The standard InChI is InChI=1S/C21H29ClN4O4.C3H8O2/c1-21(2,3)30-20(28)25(13-6-4-5-7-13)18-16-10-9-15(26(16)24-19(22)23-18)17-11-8-14(12-27)29-17;1-3(2,4)5/h9-10,13-14,17,27H,4-8,11-12H2,1-3H3;4-5H,1-2H3/t14?,17-;/m0./s1. The number of hydrogen-bond donors (Lipinski definition) is 3. The van der Waals surface area contributed by atoms with Crippen molar-refractivity contribution in [3.63, 3.8) is 0 Å². The molecular formula is C24H37ClN4O6. The summed E-state index contributed by atoms with van der Waals surface area (Å²) in [6.45, 7) is 8.15. The number of hydrogen-bond acceptors (Lipinski definition) is 8. The Morgan fingerprint density at radius 1 is 1.17 bits per heavy atom. The average molecular weight is 513 g/mol. The normalized spacial score (nSPS) is 21.2. The van der Waals surface area contributed by atoms with Crippen LogP contribution in [0, 0.1) is 0 Å². The zero-order chi connectivity index (χ0) is 26.0. The molecule has 1 saturated heterocycles. The fourth-order valence-electron chi connectivity index (χ4n) is 4.34. The third-order valence-corrected chi connectivity index (χ3v) is 5.80. The third-order valence-electron chi connectivity index (χ3n) is 5.64. The molecule has 4 rings (SSSR count). The van der Waals surface area contributed by atoms with Gasteiger partial charge in [0, 0.05) is 6.04 Å². The Morgan fingerprint density at radius 3 is 2.34 bits per heavy atom. The Balaban J connectivity index is 0.000000623. The van der Waals surface area contributed by atoms with E-state index in [1.807, 2.05) is 32.9 Å². The number of carbonyl (C=O) groups excluding carboxylic acids is 1. The molecule has 0 aromatic carbocycles. The molecule has 1 amide bonds. The Bertz CT molecular complexity index is 1000. The minimum Gasteiger partial charge on any atom is -0.443 e. The highest BCUT2D eigenvalue weighted by Crippen LogP contribution is 2.37. The molecule has 1 saturated carbocycles. The van der Waals surface area contributed by atoms with Gasteiger partial charge in [-0.1, -0.05) is 12.8 Å². The summed E-state index contributed by atoms with van der Waals surface area (Å²) < 4.78 is 13.4. The van der Waals surface area contributed by atoms with Crippen molar-refractivity contribution in [2.75, 3.05) is 11.5 Å². The highest BCUT2D eigenvalue weighted by Gasteiger charge is 2.35. The van der Waals surface area contributed by atoms with Crippen LogP contribution in [0.15, 0.2) is 12.1 Å². The van der Waals surface area contributed by atoms with Gasteiger partial charge >= 0.3 is 6.09 Å². The summed E-state index contributed by atoms with van der Waals surface area (Å²) in [6.07, 6.45) is 4.69. The van der Waals surface area contributed by atoms with Crippen LogP contribution in [-0.4, -0.2) is 66.2 Å². The summed E-state index contributed by atoms with van der Waals surface area (Å²) in [5, 5.41) is 30.0. The van der Waals surface area contributed by atoms with Crippen LogP contribution in [-0.2, 0) is 9.47 Å². The van der Waals surface area contributed by atoms with Crippen LogP contribution in [0.3, 0.4) is 0 Å². The Morgan fingerprint density at radius 2 is 1.80 bits per heavy atom. The lowest BCUT2D eigenvalue weighted by Crippen LogP contribution is -2.43. The van der Waals surface area contributed by atoms with Crippen LogP contribution in [0.1, 0.15) is 84.9 Å². The summed E-state index contributed by atoms with van der Waals surface area (Å²) in [7, 11) is 0. The predicted octanol–water partition coefficient (Wildman–Crippen LogP) is 3.99. The molecule has 2 atom stereocenters. The number of aliphatic hydroxyl groups is 3. The van der Waals surface area contributed by atoms with Gasteiger partial charge in [0.2, 0.25) is 5.28 Å². The minimum atomic E-state index is -1.50. The maximum atomic E-state index is 13.2. The molecule has 1 unspecified atom stereocenters. The molecule has 2 aliphatic rings. The number of carbonyl (C=O) groups is 1. The summed E-state index contributed by atoms with van der Waals surface area (Å²) in [4.78, 5) is 19.3. The number of amides is 1. The van der Waals surface area contributed by atoms with Crippen molar-refractivity contribution in [3.8, 4) is 0 Å². The van der Waals surface area contributed by atoms with Gasteiger partial charge in [0.15, 0.2) is 11.6 Å². The largest absolute Gasteiger partial charge is 0.443 e. The number of halogens is 1. The van der Waals surface area contributed by atoms with E-state index in [1.54, 1.807) is 9.42 Å². The van der Waals surface area contributed by atoms with Crippen LogP contribution in [0.5, 0.6) is 0 Å². The summed E-state index contributed by atoms with van der Waals surface area (Å²) >= 11 is 6.30. The van der Waals surface area contributed by atoms with E-state index in [1.165, 1.54) is 13.8 Å². The van der Waals surface area contributed by atoms with Crippen LogP contribution < -0.4 is 4.90 Å². The second kappa shape index (κ2) is 11.0. The highest BCUT2D eigenvalue weighted by atomic mass is 35.5. The molecule has 2 fully saturated rings. The van der Waals surface area contributed by atoms with Crippen LogP contribution in [0.2, 0.25) is 5.28 Å². The van der Waals surface area contributed by atoms with Crippen molar-refractivity contribution in [2.45, 2.75) is 103 Å². The minimum absolute atomic E-state index is 0.00506. The Kier molecular flexibility index (Phi) is 8.64. The molecule has 1 aliphatic heterocycles. The van der Waals surface area contributed by atoms with Gasteiger partial charge in [-0.05, 0) is 84.0 Å². The number of rotatable bonds is 4. The van der Waals surface area contributed by atoms with Crippen LogP contribution in [0.4, 0.5) is 10.6 Å². The van der Waals surface area contributed by atoms with Crippen molar-refractivity contribution in [1.82, 2.24) is 14.6 Å². The Labute approximate surface area is 210 Å². The van der Waals surface area contributed by atoms with E-state index in [0.717, 1.165) is 44.2 Å². The second-order valence-electron chi connectivity index (χ2n) is 10.5. The van der Waals surface area contributed by atoms with Crippen molar-refractivity contribution < 1.29 is 29.6 Å². The number of anilines is 1. The molecule has 11 heteroatoms. The monoisotopic (exact) mass is 512 g/mol. The van der Waals surface area contributed by atoms with Crippen LogP contribution >= 0.6 is 11.6 Å². The average Bonchev–Trinajstić information content (AvgIpc) is 3.45. The maximum Gasteiger partial charge on any atom is 0.416 e. The first-order chi connectivity index (χ1) is 16.3. The molecule has 2 aromatic rings. The lowest BCUT2D eigenvalue weighted by molar-refractivity contribution is -0.127. The summed E-state index contributed by atoms with van der Waals surface area (Å²) in [5.41, 5.74) is 0.899. The number of fused-ring (bicyclic) bond motifs is 1. The second-order valence-corrected chi connectivity index (χ2v) is 10.9. The molecule has 0 radical (unpaired) electrons. The van der Waals surface area contributed by atoms with Gasteiger partial charge in [-0.2, -0.15) is 4.98 Å². The van der Waals surface area contributed by atoms with Crippen molar-refractivity contribution >= 4 is 29.0 Å². The quantitative estimate of drug-likeness (QED) is 0.524. The van der Waals surface area contributed by atoms with Crippen molar-refractivity contribution in [1.29, 1.82) is 0 Å². The molecule has 3 heterocycles. The maximum absolute atomic E-state index is 13.2. The summed E-state index contributed by atoms with van der Waals surface area (Å²) in [5.74, 6) is -1.04. The van der Waals surface area contributed by atoms with Crippen molar-refractivity contribution in [2.24, 2.45) is 0 Å². The van der Waals surface area contributed by atoms with E-state index < -0.39 is 17.5 Å². The Hall–Kier alpha value is -1.98. The number of ether oxygens (including phenoxy) is 2. The smallest absolute Gasteiger partial charge is 0.416 e. The molecule has 1 aliphatic carbocycles. The zero-order valence-corrected chi connectivity index (χ0v) is 21.8. The van der Waals surface area contributed by atoms with E-state index in [9.17, 15) is 9.90 Å². The molecule has 10 nitrogen and oxygen atoms in total. The molecule has 35 heavy (non-hydrogen) atoms. The van der Waals surface area contributed by atoms with E-state index >= 15 is 0 Å². The van der Waals surface area contributed by atoms with Gasteiger partial charge in [-0.3, -0.25) is 4.90 Å². The van der Waals surface area contributed by atoms with Gasteiger partial charge in [0.1, 0.15) is 17.2 Å². The van der Waals surface area contributed by atoms with E-state index in [0.29, 0.717) is 11.3 Å². The number of nitrogens with zero attached hydrogens (tertiary/aromatic N) is 4. The summed E-state index contributed by atoms with van der Waals surface area (Å²) in [6, 6.07) is 3.83.